The van der Waals surface area contributed by atoms with Gasteiger partial charge in [0, 0.05) is 36.5 Å². The summed E-state index contributed by atoms with van der Waals surface area (Å²) in [4.78, 5) is 23.8. The van der Waals surface area contributed by atoms with Gasteiger partial charge < -0.3 is 24.1 Å². The predicted molar refractivity (Wildman–Crippen MR) is 146 cm³/mol. The Labute approximate surface area is 224 Å². The minimum Gasteiger partial charge on any atom is -0.491 e. The van der Waals surface area contributed by atoms with E-state index < -0.39 is 27.7 Å². The quantitative estimate of drug-likeness (QED) is 0.251. The minimum absolute atomic E-state index is 0.0796. The maximum absolute atomic E-state index is 13.8. The summed E-state index contributed by atoms with van der Waals surface area (Å²) < 4.78 is 40.2. The maximum atomic E-state index is 13.8. The summed E-state index contributed by atoms with van der Waals surface area (Å²) in [6.07, 6.45) is 3.39. The number of nitrogens with one attached hydrogen (secondary N) is 2. The van der Waals surface area contributed by atoms with Crippen molar-refractivity contribution in [2.24, 2.45) is 7.05 Å². The first-order chi connectivity index (χ1) is 18.6. The van der Waals surface area contributed by atoms with Crippen LogP contribution in [-0.4, -0.2) is 59.8 Å². The molecule has 11 nitrogen and oxygen atoms in total. The Hall–Kier alpha value is -4.42. The number of rotatable bonds is 9. The van der Waals surface area contributed by atoms with E-state index in [4.69, 9.17) is 9.47 Å². The molecular formula is C27H27N5O6S. The molecule has 1 unspecified atom stereocenters. The molecule has 12 heteroatoms. The number of benzene rings is 1. The zero-order chi connectivity index (χ0) is 27.9. The van der Waals surface area contributed by atoms with Crippen LogP contribution in [0.1, 0.15) is 16.5 Å². The van der Waals surface area contributed by atoms with Crippen molar-refractivity contribution in [3.05, 3.63) is 66.0 Å². The fourth-order valence-electron chi connectivity index (χ4n) is 4.60. The average molecular weight is 550 g/mol. The largest absolute Gasteiger partial charge is 0.491 e. The van der Waals surface area contributed by atoms with Crippen LogP contribution in [0.2, 0.25) is 0 Å². The summed E-state index contributed by atoms with van der Waals surface area (Å²) in [6, 6.07) is 11.7. The first kappa shape index (κ1) is 26.2. The SMILES string of the molecule is COc1cc2c(nc1OC)c(-c1cc3c(C(NCC(=O)O)S(=O)(=O)c4ccc(C)cc4)ccnc3[nH]1)cn2C. The molecule has 39 heavy (non-hydrogen) atoms. The summed E-state index contributed by atoms with van der Waals surface area (Å²) in [7, 11) is 0.909. The number of carboxylic acids is 1. The van der Waals surface area contributed by atoms with E-state index in [-0.39, 0.29) is 4.90 Å². The Balaban J connectivity index is 1.68. The number of aromatic amines is 1. The highest BCUT2D eigenvalue weighted by Crippen LogP contribution is 2.38. The third-order valence-corrected chi connectivity index (χ3v) is 8.51. The molecule has 0 spiro atoms. The van der Waals surface area contributed by atoms with Crippen LogP contribution in [0.5, 0.6) is 11.6 Å². The molecule has 3 N–H and O–H groups in total. The lowest BCUT2D eigenvalue weighted by molar-refractivity contribution is -0.136. The number of aryl methyl sites for hydroxylation is 2. The second-order valence-electron chi connectivity index (χ2n) is 9.08. The molecule has 5 aromatic rings. The van der Waals surface area contributed by atoms with E-state index in [1.165, 1.54) is 25.4 Å². The van der Waals surface area contributed by atoms with E-state index in [9.17, 15) is 18.3 Å². The van der Waals surface area contributed by atoms with Gasteiger partial charge in [0.05, 0.1) is 36.9 Å². The highest BCUT2D eigenvalue weighted by molar-refractivity contribution is 7.91. The van der Waals surface area contributed by atoms with Gasteiger partial charge in [-0.1, -0.05) is 17.7 Å². The number of carbonyl (C=O) groups is 1. The van der Waals surface area contributed by atoms with E-state index in [0.717, 1.165) is 16.6 Å². The molecule has 0 saturated heterocycles. The number of pyridine rings is 2. The van der Waals surface area contributed by atoms with Crippen molar-refractivity contribution in [1.82, 2.24) is 24.8 Å². The Kier molecular flexibility index (Phi) is 6.74. The topological polar surface area (TPSA) is 148 Å². The molecule has 0 fully saturated rings. The predicted octanol–water partition coefficient (Wildman–Crippen LogP) is 3.59. The molecule has 202 valence electrons. The normalized spacial score (nSPS) is 12.6. The molecule has 0 bridgehead atoms. The molecule has 1 aromatic carbocycles. The molecule has 1 atom stereocenters. The molecule has 5 rings (SSSR count). The Morgan fingerprint density at radius 3 is 2.56 bits per heavy atom. The first-order valence-corrected chi connectivity index (χ1v) is 13.5. The Bertz CT molecular complexity index is 1810. The highest BCUT2D eigenvalue weighted by Gasteiger charge is 2.31. The molecule has 0 amide bonds. The van der Waals surface area contributed by atoms with Gasteiger partial charge in [0.1, 0.15) is 16.5 Å². The number of ether oxygens (including phenoxy) is 2. The number of hydrogen-bond donors (Lipinski definition) is 3. The van der Waals surface area contributed by atoms with Crippen molar-refractivity contribution in [2.45, 2.75) is 17.2 Å². The molecule has 4 heterocycles. The van der Waals surface area contributed by atoms with E-state index in [2.05, 4.69) is 20.3 Å². The number of H-pyrrole nitrogens is 1. The second-order valence-corrected chi connectivity index (χ2v) is 11.1. The highest BCUT2D eigenvalue weighted by atomic mass is 32.2. The van der Waals surface area contributed by atoms with Gasteiger partial charge >= 0.3 is 5.97 Å². The van der Waals surface area contributed by atoms with Crippen LogP contribution < -0.4 is 14.8 Å². The number of sulfone groups is 1. The van der Waals surface area contributed by atoms with Crippen LogP contribution in [0.4, 0.5) is 0 Å². The van der Waals surface area contributed by atoms with E-state index >= 15 is 0 Å². The number of hydrogen-bond acceptors (Lipinski definition) is 8. The number of aliphatic carboxylic acids is 1. The standard InChI is InChI=1S/C27H27N5O6S/c1-15-5-7-16(8-6-15)39(35,36)27(29-13-23(33)34)17-9-10-28-25-18(17)11-20(30-25)19-14-32(2)21-12-22(37-3)26(38-4)31-24(19)21/h5-12,14,27,29H,13H2,1-4H3,(H,28,30)(H,33,34). The molecule has 0 radical (unpaired) electrons. The minimum atomic E-state index is -4.02. The number of methoxy groups -OCH3 is 2. The van der Waals surface area contributed by atoms with E-state index in [1.807, 2.05) is 30.8 Å². The summed E-state index contributed by atoms with van der Waals surface area (Å²) >= 11 is 0. The number of fused-ring (bicyclic) bond motifs is 2. The fraction of sp³-hybridized carbons (Fsp3) is 0.222. The number of nitrogens with zero attached hydrogens (tertiary/aromatic N) is 3. The van der Waals surface area contributed by atoms with Crippen molar-refractivity contribution in [3.63, 3.8) is 0 Å². The summed E-state index contributed by atoms with van der Waals surface area (Å²) in [5, 5.41) is 11.2. The maximum Gasteiger partial charge on any atom is 0.317 e. The van der Waals surface area contributed by atoms with Crippen LogP contribution in [0.3, 0.4) is 0 Å². The van der Waals surface area contributed by atoms with Gasteiger partial charge in [-0.05, 0) is 36.8 Å². The summed E-state index contributed by atoms with van der Waals surface area (Å²) in [5.41, 5.74) is 4.57. The van der Waals surface area contributed by atoms with Crippen LogP contribution >= 0.6 is 0 Å². The molecule has 0 aliphatic rings. The van der Waals surface area contributed by atoms with Crippen molar-refractivity contribution >= 4 is 37.9 Å². The fourth-order valence-corrected chi connectivity index (χ4v) is 6.23. The second kappa shape index (κ2) is 10.0. The van der Waals surface area contributed by atoms with Gasteiger partial charge in [0.15, 0.2) is 15.6 Å². The monoisotopic (exact) mass is 549 g/mol. The number of carboxylic acid groups (broad SMARTS) is 1. The molecule has 0 aliphatic carbocycles. The Morgan fingerprint density at radius 1 is 1.15 bits per heavy atom. The third-order valence-electron chi connectivity index (χ3n) is 6.54. The molecule has 4 aromatic heterocycles. The van der Waals surface area contributed by atoms with E-state index in [1.54, 1.807) is 31.4 Å². The summed E-state index contributed by atoms with van der Waals surface area (Å²) in [6.45, 7) is 1.31. The average Bonchev–Trinajstić information content (AvgIpc) is 3.49. The molecule has 0 saturated carbocycles. The smallest absolute Gasteiger partial charge is 0.317 e. The Morgan fingerprint density at radius 2 is 1.90 bits per heavy atom. The lowest BCUT2D eigenvalue weighted by Crippen LogP contribution is -2.33. The van der Waals surface area contributed by atoms with Crippen molar-refractivity contribution in [1.29, 1.82) is 0 Å². The van der Waals surface area contributed by atoms with Gasteiger partial charge in [-0.3, -0.25) is 10.1 Å². The lowest BCUT2D eigenvalue weighted by atomic mass is 10.1. The molecule has 0 aliphatic heterocycles. The first-order valence-electron chi connectivity index (χ1n) is 12.0. The van der Waals surface area contributed by atoms with Crippen molar-refractivity contribution in [2.75, 3.05) is 20.8 Å². The third kappa shape index (κ3) is 4.68. The zero-order valence-corrected chi connectivity index (χ0v) is 22.5. The van der Waals surface area contributed by atoms with Gasteiger partial charge in [-0.2, -0.15) is 0 Å². The molecular weight excluding hydrogens is 522 g/mol. The summed E-state index contributed by atoms with van der Waals surface area (Å²) in [5.74, 6) is -0.355. The number of aromatic nitrogens is 4. The van der Waals surface area contributed by atoms with Crippen molar-refractivity contribution in [3.8, 4) is 22.9 Å². The van der Waals surface area contributed by atoms with Gasteiger partial charge in [0.2, 0.25) is 0 Å². The lowest BCUT2D eigenvalue weighted by Gasteiger charge is -2.20. The van der Waals surface area contributed by atoms with Crippen molar-refractivity contribution < 1.29 is 27.8 Å². The van der Waals surface area contributed by atoms with E-state index in [0.29, 0.717) is 39.4 Å². The van der Waals surface area contributed by atoms with Crippen LogP contribution in [0.25, 0.3) is 33.3 Å². The van der Waals surface area contributed by atoms with Crippen LogP contribution in [-0.2, 0) is 21.7 Å². The van der Waals surface area contributed by atoms with Crippen LogP contribution in [0, 0.1) is 6.92 Å². The van der Waals surface area contributed by atoms with Gasteiger partial charge in [0.25, 0.3) is 5.88 Å². The van der Waals surface area contributed by atoms with Gasteiger partial charge in [-0.25, -0.2) is 18.4 Å². The van der Waals surface area contributed by atoms with Crippen LogP contribution in [0.15, 0.2) is 59.8 Å². The van der Waals surface area contributed by atoms with Gasteiger partial charge in [-0.15, -0.1) is 0 Å². The zero-order valence-electron chi connectivity index (χ0n) is 21.7.